The van der Waals surface area contributed by atoms with E-state index in [9.17, 15) is 9.90 Å². The Labute approximate surface area is 192 Å². The lowest BCUT2D eigenvalue weighted by atomic mass is 10.0. The number of hydrogen-bond donors (Lipinski definition) is 1. The van der Waals surface area contributed by atoms with Gasteiger partial charge in [-0.1, -0.05) is 84.9 Å². The number of aliphatic carboxylic acids is 1. The van der Waals surface area contributed by atoms with E-state index in [2.05, 4.69) is 59.3 Å². The highest BCUT2D eigenvalue weighted by atomic mass is 16.5. The molecule has 0 saturated carbocycles. The second kappa shape index (κ2) is 9.05. The zero-order chi connectivity index (χ0) is 22.6. The average Bonchev–Trinajstić information content (AvgIpc) is 3.26. The largest absolute Gasteiger partial charge is 0.478 e. The van der Waals surface area contributed by atoms with E-state index in [-0.39, 0.29) is 0 Å². The van der Waals surface area contributed by atoms with Gasteiger partial charge in [0.05, 0.1) is 0 Å². The van der Waals surface area contributed by atoms with Gasteiger partial charge in [-0.3, -0.25) is 0 Å². The summed E-state index contributed by atoms with van der Waals surface area (Å²) >= 11 is 0. The fraction of sp³-hybridized carbons (Fsp3) is 0.0690. The maximum atomic E-state index is 11.7. The van der Waals surface area contributed by atoms with E-state index in [0.29, 0.717) is 11.3 Å². The minimum absolute atomic E-state index is 0.517. The molecule has 0 radical (unpaired) electrons. The maximum absolute atomic E-state index is 11.7. The Hall–Kier alpha value is -4.31. The van der Waals surface area contributed by atoms with Crippen molar-refractivity contribution in [2.45, 2.75) is 12.6 Å². The first-order valence-corrected chi connectivity index (χ1v) is 10.8. The van der Waals surface area contributed by atoms with Crippen molar-refractivity contribution in [3.63, 3.8) is 0 Å². The molecule has 0 saturated heterocycles. The predicted molar refractivity (Wildman–Crippen MR) is 130 cm³/mol. The van der Waals surface area contributed by atoms with Crippen LogP contribution in [0.1, 0.15) is 17.2 Å². The van der Waals surface area contributed by atoms with Gasteiger partial charge in [-0.25, -0.2) is 4.79 Å². The molecule has 0 aliphatic carbocycles. The molecule has 5 rings (SSSR count). The lowest BCUT2D eigenvalue weighted by molar-refractivity contribution is -0.145. The standard InChI is InChI=1S/C29H23NO3/c31-29(32)28(24-9-5-2-6-10-24)33-26-15-13-22(14-16-26)25-12-11-23-17-18-30(27(23)19-25)20-21-7-3-1-4-8-21/h1-19,28H,20H2,(H,31,32). The van der Waals surface area contributed by atoms with Gasteiger partial charge in [0.2, 0.25) is 6.10 Å². The number of rotatable bonds is 7. The summed E-state index contributed by atoms with van der Waals surface area (Å²) in [4.78, 5) is 11.7. The lowest BCUT2D eigenvalue weighted by Crippen LogP contribution is -2.18. The first-order chi connectivity index (χ1) is 16.2. The smallest absolute Gasteiger partial charge is 0.349 e. The van der Waals surface area contributed by atoms with Gasteiger partial charge in [0.15, 0.2) is 0 Å². The Morgan fingerprint density at radius 2 is 1.45 bits per heavy atom. The van der Waals surface area contributed by atoms with E-state index in [4.69, 9.17) is 4.74 Å². The molecule has 1 N–H and O–H groups in total. The second-order valence-electron chi connectivity index (χ2n) is 7.97. The molecule has 1 unspecified atom stereocenters. The number of carbonyl (C=O) groups is 1. The SMILES string of the molecule is O=C(O)C(Oc1ccc(-c2ccc3ccn(Cc4ccccc4)c3c2)cc1)c1ccccc1. The molecule has 0 aliphatic rings. The van der Waals surface area contributed by atoms with E-state index in [1.54, 1.807) is 12.1 Å². The zero-order valence-corrected chi connectivity index (χ0v) is 18.0. The predicted octanol–water partition coefficient (Wildman–Crippen LogP) is 6.56. The molecule has 4 aromatic carbocycles. The summed E-state index contributed by atoms with van der Waals surface area (Å²) in [6.45, 7) is 0.816. The van der Waals surface area contributed by atoms with Crippen LogP contribution in [0, 0.1) is 0 Å². The number of aromatic nitrogens is 1. The molecule has 4 nitrogen and oxygen atoms in total. The summed E-state index contributed by atoms with van der Waals surface area (Å²) < 4.78 is 8.05. The minimum atomic E-state index is -1.05. The van der Waals surface area contributed by atoms with E-state index in [1.807, 2.05) is 48.5 Å². The topological polar surface area (TPSA) is 51.5 Å². The van der Waals surface area contributed by atoms with E-state index >= 15 is 0 Å². The van der Waals surface area contributed by atoms with Gasteiger partial charge in [0, 0.05) is 23.8 Å². The fourth-order valence-electron chi connectivity index (χ4n) is 4.03. The van der Waals surface area contributed by atoms with Crippen molar-refractivity contribution in [3.05, 3.63) is 127 Å². The summed E-state index contributed by atoms with van der Waals surface area (Å²) in [5, 5.41) is 10.8. The third-order valence-corrected chi connectivity index (χ3v) is 5.74. The number of carboxylic acid groups (broad SMARTS) is 1. The van der Waals surface area contributed by atoms with Crippen molar-refractivity contribution in [1.29, 1.82) is 0 Å². The van der Waals surface area contributed by atoms with E-state index < -0.39 is 12.1 Å². The molecular weight excluding hydrogens is 410 g/mol. The van der Waals surface area contributed by atoms with Crippen molar-refractivity contribution in [3.8, 4) is 16.9 Å². The summed E-state index contributed by atoms with van der Waals surface area (Å²) in [7, 11) is 0. The highest BCUT2D eigenvalue weighted by molar-refractivity contribution is 5.85. The quantitative estimate of drug-likeness (QED) is 0.316. The second-order valence-corrected chi connectivity index (χ2v) is 7.97. The molecule has 0 fully saturated rings. The Morgan fingerprint density at radius 1 is 0.788 bits per heavy atom. The van der Waals surface area contributed by atoms with Crippen molar-refractivity contribution in [1.82, 2.24) is 4.57 Å². The third-order valence-electron chi connectivity index (χ3n) is 5.74. The van der Waals surface area contributed by atoms with E-state index in [1.165, 1.54) is 16.5 Å². The maximum Gasteiger partial charge on any atom is 0.349 e. The van der Waals surface area contributed by atoms with Gasteiger partial charge < -0.3 is 14.4 Å². The van der Waals surface area contributed by atoms with Crippen LogP contribution in [-0.2, 0) is 11.3 Å². The molecule has 0 amide bonds. The molecule has 0 aliphatic heterocycles. The van der Waals surface area contributed by atoms with Crippen LogP contribution in [0.25, 0.3) is 22.0 Å². The Bertz CT molecular complexity index is 1370. The van der Waals surface area contributed by atoms with Gasteiger partial charge in [-0.15, -0.1) is 0 Å². The number of fused-ring (bicyclic) bond motifs is 1. The van der Waals surface area contributed by atoms with Crippen LogP contribution < -0.4 is 4.74 Å². The van der Waals surface area contributed by atoms with Gasteiger partial charge in [-0.05, 0) is 46.3 Å². The van der Waals surface area contributed by atoms with Gasteiger partial charge in [0.1, 0.15) is 5.75 Å². The molecule has 0 bridgehead atoms. The van der Waals surface area contributed by atoms with Crippen LogP contribution in [-0.4, -0.2) is 15.6 Å². The zero-order valence-electron chi connectivity index (χ0n) is 18.0. The van der Waals surface area contributed by atoms with Crippen molar-refractivity contribution >= 4 is 16.9 Å². The molecule has 1 aromatic heterocycles. The van der Waals surface area contributed by atoms with Crippen LogP contribution in [0.2, 0.25) is 0 Å². The van der Waals surface area contributed by atoms with Crippen molar-refractivity contribution in [2.75, 3.05) is 0 Å². The Morgan fingerprint density at radius 3 is 2.15 bits per heavy atom. The normalized spacial score (nSPS) is 11.9. The van der Waals surface area contributed by atoms with Crippen molar-refractivity contribution in [2.24, 2.45) is 0 Å². The van der Waals surface area contributed by atoms with Gasteiger partial charge in [0.25, 0.3) is 0 Å². The average molecular weight is 434 g/mol. The molecule has 0 spiro atoms. The number of ether oxygens (including phenoxy) is 1. The molecule has 4 heteroatoms. The van der Waals surface area contributed by atoms with Crippen LogP contribution in [0.4, 0.5) is 0 Å². The highest BCUT2D eigenvalue weighted by Gasteiger charge is 2.21. The summed E-state index contributed by atoms with van der Waals surface area (Å²) in [6, 6.07) is 35.5. The molecule has 33 heavy (non-hydrogen) atoms. The summed E-state index contributed by atoms with van der Waals surface area (Å²) in [5.41, 5.74) is 5.18. The fourth-order valence-corrected chi connectivity index (χ4v) is 4.03. The first-order valence-electron chi connectivity index (χ1n) is 10.8. The van der Waals surface area contributed by atoms with Gasteiger partial charge >= 0.3 is 5.97 Å². The molecule has 1 atom stereocenters. The van der Waals surface area contributed by atoms with Crippen LogP contribution in [0.3, 0.4) is 0 Å². The lowest BCUT2D eigenvalue weighted by Gasteiger charge is -2.16. The number of hydrogen-bond acceptors (Lipinski definition) is 2. The van der Waals surface area contributed by atoms with Crippen LogP contribution >= 0.6 is 0 Å². The molecular formula is C29H23NO3. The monoisotopic (exact) mass is 433 g/mol. The van der Waals surface area contributed by atoms with Crippen molar-refractivity contribution < 1.29 is 14.6 Å². The molecule has 162 valence electrons. The summed E-state index contributed by atoms with van der Waals surface area (Å²) in [6.07, 6.45) is 1.07. The third kappa shape index (κ3) is 4.51. The summed E-state index contributed by atoms with van der Waals surface area (Å²) in [5.74, 6) is -0.501. The number of nitrogens with zero attached hydrogens (tertiary/aromatic N) is 1. The number of benzene rings is 4. The van der Waals surface area contributed by atoms with Gasteiger partial charge in [-0.2, -0.15) is 0 Å². The van der Waals surface area contributed by atoms with Crippen LogP contribution in [0.5, 0.6) is 5.75 Å². The van der Waals surface area contributed by atoms with E-state index in [0.717, 1.165) is 17.7 Å². The first kappa shape index (κ1) is 20.6. The Kier molecular flexibility index (Phi) is 5.64. The minimum Gasteiger partial charge on any atom is -0.478 e. The number of carboxylic acids is 1. The Balaban J connectivity index is 1.39. The van der Waals surface area contributed by atoms with Crippen LogP contribution in [0.15, 0.2) is 115 Å². The molecule has 1 heterocycles. The molecule has 5 aromatic rings. The highest BCUT2D eigenvalue weighted by Crippen LogP contribution is 2.29.